The van der Waals surface area contributed by atoms with E-state index in [4.69, 9.17) is 0 Å². The fourth-order valence-electron chi connectivity index (χ4n) is 3.07. The molecule has 1 saturated heterocycles. The first kappa shape index (κ1) is 13.9. The Labute approximate surface area is 121 Å². The number of likely N-dealkylation sites (tertiary alicyclic amines) is 1. The summed E-state index contributed by atoms with van der Waals surface area (Å²) < 4.78 is 13.6. The number of fused-ring (bicyclic) bond motifs is 1. The Hall–Kier alpha value is -2.01. The summed E-state index contributed by atoms with van der Waals surface area (Å²) in [6, 6.07) is 5.84. The van der Waals surface area contributed by atoms with Crippen molar-refractivity contribution in [3.8, 4) is 0 Å². The minimum absolute atomic E-state index is 0.103. The van der Waals surface area contributed by atoms with Crippen LogP contribution >= 0.6 is 0 Å². The first-order valence-corrected chi connectivity index (χ1v) is 7.02. The Morgan fingerprint density at radius 2 is 1.71 bits per heavy atom. The molecule has 1 aromatic rings. The maximum absolute atomic E-state index is 13.6. The van der Waals surface area contributed by atoms with Gasteiger partial charge in [0.2, 0.25) is 11.8 Å². The summed E-state index contributed by atoms with van der Waals surface area (Å²) in [5, 5.41) is 10.1. The molecule has 1 heterocycles. The number of carbonyl (C=O) groups is 2. The molecule has 0 aromatic heterocycles. The smallest absolute Gasteiger partial charge is 0.233 e. The van der Waals surface area contributed by atoms with Gasteiger partial charge in [0.15, 0.2) is 0 Å². The van der Waals surface area contributed by atoms with Gasteiger partial charge in [-0.3, -0.25) is 14.5 Å². The first-order chi connectivity index (χ1) is 10.1. The van der Waals surface area contributed by atoms with Crippen molar-refractivity contribution in [1.82, 2.24) is 4.90 Å². The third kappa shape index (κ3) is 2.38. The number of nitrogens with zero attached hydrogens (tertiary/aromatic N) is 1. The van der Waals surface area contributed by atoms with Gasteiger partial charge in [-0.2, -0.15) is 0 Å². The fourth-order valence-corrected chi connectivity index (χ4v) is 3.07. The molecular weight excluding hydrogens is 273 g/mol. The van der Waals surface area contributed by atoms with E-state index in [1.54, 1.807) is 6.07 Å². The van der Waals surface area contributed by atoms with Crippen LogP contribution < -0.4 is 0 Å². The van der Waals surface area contributed by atoms with E-state index < -0.39 is 11.9 Å². The fraction of sp³-hybridized carbons (Fsp3) is 0.375. The van der Waals surface area contributed by atoms with Gasteiger partial charge in [-0.1, -0.05) is 30.4 Å². The van der Waals surface area contributed by atoms with Crippen molar-refractivity contribution < 1.29 is 19.1 Å². The second-order valence-electron chi connectivity index (χ2n) is 5.48. The third-order valence-electron chi connectivity index (χ3n) is 4.22. The zero-order chi connectivity index (χ0) is 15.0. The summed E-state index contributed by atoms with van der Waals surface area (Å²) in [7, 11) is 0. The van der Waals surface area contributed by atoms with Gasteiger partial charge in [0, 0.05) is 5.56 Å². The van der Waals surface area contributed by atoms with E-state index in [0.29, 0.717) is 12.8 Å². The lowest BCUT2D eigenvalue weighted by Gasteiger charge is -2.19. The molecule has 0 spiro atoms. The lowest BCUT2D eigenvalue weighted by molar-refractivity contribution is -0.141. The first-order valence-electron chi connectivity index (χ1n) is 7.02. The molecular formula is C16H16FNO3. The van der Waals surface area contributed by atoms with Crippen molar-refractivity contribution in [3.63, 3.8) is 0 Å². The number of β-amino-alcohol motifs (C(OH)–C–C–N with tert-alkyl or cyclic N) is 1. The van der Waals surface area contributed by atoms with Crippen LogP contribution in [0.15, 0.2) is 36.4 Å². The SMILES string of the molecule is O=C1[C@H]2CC=CC[C@H]2C(=O)N1C[C@H](O)c1ccccc1F. The molecule has 2 amide bonds. The number of aliphatic hydroxyl groups is 1. The summed E-state index contributed by atoms with van der Waals surface area (Å²) in [6.07, 6.45) is 3.72. The Balaban J connectivity index is 1.78. The van der Waals surface area contributed by atoms with Crippen molar-refractivity contribution in [1.29, 1.82) is 0 Å². The minimum atomic E-state index is -1.20. The minimum Gasteiger partial charge on any atom is -0.386 e. The van der Waals surface area contributed by atoms with E-state index >= 15 is 0 Å². The average molecular weight is 289 g/mol. The van der Waals surface area contributed by atoms with E-state index in [-0.39, 0.29) is 35.8 Å². The summed E-state index contributed by atoms with van der Waals surface area (Å²) >= 11 is 0. The predicted molar refractivity (Wildman–Crippen MR) is 73.4 cm³/mol. The van der Waals surface area contributed by atoms with Gasteiger partial charge in [0.1, 0.15) is 5.82 Å². The van der Waals surface area contributed by atoms with Crippen LogP contribution in [0.25, 0.3) is 0 Å². The molecule has 2 aliphatic rings. The van der Waals surface area contributed by atoms with Crippen LogP contribution in [0.5, 0.6) is 0 Å². The van der Waals surface area contributed by atoms with Crippen LogP contribution in [-0.2, 0) is 9.59 Å². The summed E-state index contributed by atoms with van der Waals surface area (Å²) in [5.41, 5.74) is 0.103. The zero-order valence-corrected chi connectivity index (χ0v) is 11.4. The monoisotopic (exact) mass is 289 g/mol. The van der Waals surface area contributed by atoms with E-state index in [1.807, 2.05) is 12.2 Å². The molecule has 1 aromatic carbocycles. The van der Waals surface area contributed by atoms with Gasteiger partial charge >= 0.3 is 0 Å². The van der Waals surface area contributed by atoms with E-state index in [0.717, 1.165) is 4.90 Å². The number of carbonyl (C=O) groups excluding carboxylic acids is 2. The Morgan fingerprint density at radius 1 is 1.14 bits per heavy atom. The predicted octanol–water partition coefficient (Wildman–Crippen LogP) is 1.81. The number of imide groups is 1. The van der Waals surface area contributed by atoms with Gasteiger partial charge < -0.3 is 5.11 Å². The number of hydrogen-bond acceptors (Lipinski definition) is 3. The summed E-state index contributed by atoms with van der Waals surface area (Å²) in [5.74, 6) is -1.71. The van der Waals surface area contributed by atoms with Gasteiger partial charge in [-0.15, -0.1) is 0 Å². The molecule has 0 saturated carbocycles. The molecule has 21 heavy (non-hydrogen) atoms. The molecule has 110 valence electrons. The number of aliphatic hydroxyl groups excluding tert-OH is 1. The molecule has 1 aliphatic carbocycles. The third-order valence-corrected chi connectivity index (χ3v) is 4.22. The van der Waals surface area contributed by atoms with Crippen LogP contribution in [0.4, 0.5) is 4.39 Å². The van der Waals surface area contributed by atoms with Gasteiger partial charge in [-0.25, -0.2) is 4.39 Å². The normalized spacial score (nSPS) is 26.1. The Morgan fingerprint density at radius 3 is 2.29 bits per heavy atom. The van der Waals surface area contributed by atoms with Crippen molar-refractivity contribution in [2.24, 2.45) is 11.8 Å². The quantitative estimate of drug-likeness (QED) is 0.682. The van der Waals surface area contributed by atoms with Gasteiger partial charge in [-0.05, 0) is 18.9 Å². The highest BCUT2D eigenvalue weighted by Crippen LogP contribution is 2.36. The van der Waals surface area contributed by atoms with E-state index in [1.165, 1.54) is 18.2 Å². The van der Waals surface area contributed by atoms with Crippen molar-refractivity contribution in [3.05, 3.63) is 47.8 Å². The van der Waals surface area contributed by atoms with Crippen molar-refractivity contribution in [2.45, 2.75) is 18.9 Å². The Kier molecular flexibility index (Phi) is 3.59. The maximum Gasteiger partial charge on any atom is 0.233 e. The van der Waals surface area contributed by atoms with Crippen LogP contribution in [0.3, 0.4) is 0 Å². The Bertz CT molecular complexity index is 587. The van der Waals surface area contributed by atoms with Crippen molar-refractivity contribution >= 4 is 11.8 Å². The molecule has 1 aliphatic heterocycles. The number of halogens is 1. The topological polar surface area (TPSA) is 57.6 Å². The molecule has 3 atom stereocenters. The van der Waals surface area contributed by atoms with E-state index in [9.17, 15) is 19.1 Å². The molecule has 0 bridgehead atoms. The molecule has 0 unspecified atom stereocenters. The van der Waals surface area contributed by atoms with Crippen molar-refractivity contribution in [2.75, 3.05) is 6.54 Å². The number of rotatable bonds is 3. The zero-order valence-electron chi connectivity index (χ0n) is 11.4. The average Bonchev–Trinajstić information content (AvgIpc) is 2.73. The lowest BCUT2D eigenvalue weighted by Crippen LogP contribution is -2.35. The highest BCUT2D eigenvalue weighted by molar-refractivity contribution is 6.05. The van der Waals surface area contributed by atoms with Crippen LogP contribution in [-0.4, -0.2) is 28.4 Å². The standard InChI is InChI=1S/C16H16FNO3/c17-13-8-4-3-7-12(13)14(19)9-18-15(20)10-5-1-2-6-11(10)16(18)21/h1-4,7-8,10-11,14,19H,5-6,9H2/t10-,11+,14-/m0/s1. The number of allylic oxidation sites excluding steroid dienone is 2. The molecule has 1 N–H and O–H groups in total. The molecule has 5 heteroatoms. The maximum atomic E-state index is 13.6. The molecule has 0 radical (unpaired) electrons. The highest BCUT2D eigenvalue weighted by atomic mass is 19.1. The van der Waals surface area contributed by atoms with Crippen LogP contribution in [0, 0.1) is 17.7 Å². The number of amides is 2. The molecule has 1 fully saturated rings. The number of hydrogen-bond donors (Lipinski definition) is 1. The number of benzene rings is 1. The second kappa shape index (κ2) is 5.41. The van der Waals surface area contributed by atoms with E-state index in [2.05, 4.69) is 0 Å². The lowest BCUT2D eigenvalue weighted by atomic mass is 9.85. The molecule has 3 rings (SSSR count). The van der Waals surface area contributed by atoms with Gasteiger partial charge in [0.25, 0.3) is 0 Å². The highest BCUT2D eigenvalue weighted by Gasteiger charge is 2.47. The largest absolute Gasteiger partial charge is 0.386 e. The van der Waals surface area contributed by atoms with Gasteiger partial charge in [0.05, 0.1) is 24.5 Å². The van der Waals surface area contributed by atoms with Crippen LogP contribution in [0.1, 0.15) is 24.5 Å². The summed E-state index contributed by atoms with van der Waals surface area (Å²) in [6.45, 7) is -0.189. The molecule has 4 nitrogen and oxygen atoms in total. The van der Waals surface area contributed by atoms with Crippen LogP contribution in [0.2, 0.25) is 0 Å². The summed E-state index contributed by atoms with van der Waals surface area (Å²) in [4.78, 5) is 25.6. The second-order valence-corrected chi connectivity index (χ2v) is 5.48.